The summed E-state index contributed by atoms with van der Waals surface area (Å²) in [6, 6.07) is 14.3. The minimum absolute atomic E-state index is 0.166. The molecular formula is C19H23N5O3S. The second kappa shape index (κ2) is 8.47. The third-order valence-electron chi connectivity index (χ3n) is 4.00. The van der Waals surface area contributed by atoms with Crippen LogP contribution in [0.25, 0.3) is 5.69 Å². The van der Waals surface area contributed by atoms with Crippen LogP contribution in [0.4, 0.5) is 0 Å². The van der Waals surface area contributed by atoms with Crippen molar-refractivity contribution < 1.29 is 13.2 Å². The lowest BCUT2D eigenvalue weighted by Crippen LogP contribution is -2.18. The fraction of sp³-hybridized carbons (Fsp3) is 0.368. The number of nitrogens with zero attached hydrogens (tertiary/aromatic N) is 5. The first-order valence-electron chi connectivity index (χ1n) is 9.03. The molecule has 8 nitrogen and oxygen atoms in total. The van der Waals surface area contributed by atoms with Crippen LogP contribution in [0, 0.1) is 5.92 Å². The van der Waals surface area contributed by atoms with Crippen molar-refractivity contribution in [1.82, 2.24) is 25.2 Å². The highest BCUT2D eigenvalue weighted by molar-refractivity contribution is 7.91. The molecule has 0 aliphatic rings. The summed E-state index contributed by atoms with van der Waals surface area (Å²) in [5, 5.41) is 10.9. The summed E-state index contributed by atoms with van der Waals surface area (Å²) >= 11 is 0. The molecule has 0 bridgehead atoms. The fourth-order valence-electron chi connectivity index (χ4n) is 2.63. The maximum absolute atomic E-state index is 12.9. The van der Waals surface area contributed by atoms with Gasteiger partial charge in [-0.25, -0.2) is 13.4 Å². The van der Waals surface area contributed by atoms with Crippen LogP contribution in [-0.2, 0) is 9.84 Å². The molecule has 2 aromatic heterocycles. The third kappa shape index (κ3) is 4.72. The van der Waals surface area contributed by atoms with Crippen LogP contribution in [0.3, 0.4) is 0 Å². The zero-order chi connectivity index (χ0) is 20.1. The van der Waals surface area contributed by atoms with Crippen molar-refractivity contribution in [3.63, 3.8) is 0 Å². The summed E-state index contributed by atoms with van der Waals surface area (Å²) in [6.07, 6.45) is 0. The predicted molar refractivity (Wildman–Crippen MR) is 104 cm³/mol. The van der Waals surface area contributed by atoms with Crippen LogP contribution in [0.2, 0.25) is 0 Å². The molecule has 0 saturated carbocycles. The SMILES string of the molecule is CC(C)COc1cccc(C(C)CS(=O)(=O)c2nnnn2-c2ccccc2)n1. The van der Waals surface area contributed by atoms with Crippen LogP contribution in [0.15, 0.2) is 53.7 Å². The van der Waals surface area contributed by atoms with E-state index < -0.39 is 9.84 Å². The summed E-state index contributed by atoms with van der Waals surface area (Å²) in [4.78, 5) is 4.45. The minimum atomic E-state index is -3.74. The van der Waals surface area contributed by atoms with Gasteiger partial charge in [0.15, 0.2) is 0 Å². The lowest BCUT2D eigenvalue weighted by Gasteiger charge is -2.13. The summed E-state index contributed by atoms with van der Waals surface area (Å²) in [5.74, 6) is 0.346. The van der Waals surface area contributed by atoms with Gasteiger partial charge in [-0.3, -0.25) is 0 Å². The lowest BCUT2D eigenvalue weighted by atomic mass is 10.1. The topological polar surface area (TPSA) is 99.9 Å². The number of rotatable bonds is 8. The maximum atomic E-state index is 12.9. The molecule has 0 amide bonds. The highest BCUT2D eigenvalue weighted by atomic mass is 32.2. The van der Waals surface area contributed by atoms with Crippen LogP contribution < -0.4 is 4.74 Å². The van der Waals surface area contributed by atoms with Gasteiger partial charge in [-0.1, -0.05) is 50.1 Å². The van der Waals surface area contributed by atoms with Gasteiger partial charge in [0.05, 0.1) is 18.0 Å². The predicted octanol–water partition coefficient (Wildman–Crippen LogP) is 2.67. The van der Waals surface area contributed by atoms with Crippen LogP contribution in [0.5, 0.6) is 5.88 Å². The maximum Gasteiger partial charge on any atom is 0.272 e. The second-order valence-electron chi connectivity index (χ2n) is 7.00. The largest absolute Gasteiger partial charge is 0.477 e. The van der Waals surface area contributed by atoms with Gasteiger partial charge in [-0.2, -0.15) is 4.68 Å². The first-order chi connectivity index (χ1) is 13.4. The first-order valence-corrected chi connectivity index (χ1v) is 10.7. The van der Waals surface area contributed by atoms with E-state index in [4.69, 9.17) is 4.74 Å². The Kier molecular flexibility index (Phi) is 6.03. The van der Waals surface area contributed by atoms with E-state index in [2.05, 4.69) is 34.4 Å². The number of hydrogen-bond donors (Lipinski definition) is 0. The highest BCUT2D eigenvalue weighted by Gasteiger charge is 2.27. The number of hydrogen-bond acceptors (Lipinski definition) is 7. The third-order valence-corrected chi connectivity index (χ3v) is 5.75. The summed E-state index contributed by atoms with van der Waals surface area (Å²) in [7, 11) is -3.74. The van der Waals surface area contributed by atoms with Gasteiger partial charge in [0.25, 0.3) is 5.16 Å². The van der Waals surface area contributed by atoms with Crippen LogP contribution in [0.1, 0.15) is 32.4 Å². The van der Waals surface area contributed by atoms with E-state index in [1.165, 1.54) is 4.68 Å². The monoisotopic (exact) mass is 401 g/mol. The molecule has 0 aliphatic carbocycles. The summed E-state index contributed by atoms with van der Waals surface area (Å²) < 4.78 is 32.8. The van der Waals surface area contributed by atoms with Gasteiger partial charge in [-0.05, 0) is 34.5 Å². The lowest BCUT2D eigenvalue weighted by molar-refractivity contribution is 0.260. The molecule has 0 saturated heterocycles. The Labute approximate surface area is 164 Å². The minimum Gasteiger partial charge on any atom is -0.477 e. The molecule has 0 radical (unpaired) electrons. The van der Waals surface area contributed by atoms with Crippen molar-refractivity contribution in [3.8, 4) is 11.6 Å². The van der Waals surface area contributed by atoms with E-state index >= 15 is 0 Å². The molecule has 1 atom stereocenters. The zero-order valence-electron chi connectivity index (χ0n) is 16.1. The van der Waals surface area contributed by atoms with Gasteiger partial charge in [-0.15, -0.1) is 0 Å². The number of sulfone groups is 1. The van der Waals surface area contributed by atoms with E-state index in [0.717, 1.165) is 0 Å². The Balaban J connectivity index is 1.80. The molecule has 1 aromatic carbocycles. The van der Waals surface area contributed by atoms with Crippen molar-refractivity contribution >= 4 is 9.84 Å². The normalized spacial score (nSPS) is 12.9. The fourth-order valence-corrected chi connectivity index (χ4v) is 4.18. The molecule has 3 aromatic rings. The smallest absolute Gasteiger partial charge is 0.272 e. The Morgan fingerprint density at radius 1 is 1.04 bits per heavy atom. The highest BCUT2D eigenvalue weighted by Crippen LogP contribution is 2.22. The molecule has 0 N–H and O–H groups in total. The molecule has 2 heterocycles. The Morgan fingerprint density at radius 3 is 2.50 bits per heavy atom. The van der Waals surface area contributed by atoms with Crippen LogP contribution in [-0.4, -0.2) is 46.0 Å². The standard InChI is InChI=1S/C19H23N5O3S/c1-14(2)12-27-18-11-7-10-17(20-18)15(3)13-28(25,26)19-21-22-23-24(19)16-8-5-4-6-9-16/h4-11,14-15H,12-13H2,1-3H3. The Hall–Kier alpha value is -2.81. The van der Waals surface area contributed by atoms with Crippen molar-refractivity contribution in [2.45, 2.75) is 31.8 Å². The molecule has 3 rings (SSSR count). The molecule has 1 unspecified atom stereocenters. The van der Waals surface area contributed by atoms with Crippen molar-refractivity contribution in [2.24, 2.45) is 5.92 Å². The second-order valence-corrected chi connectivity index (χ2v) is 8.92. The van der Waals surface area contributed by atoms with E-state index in [-0.39, 0.29) is 16.8 Å². The molecule has 148 valence electrons. The number of pyridine rings is 1. The molecule has 0 fully saturated rings. The van der Waals surface area contributed by atoms with E-state index in [1.54, 1.807) is 36.4 Å². The van der Waals surface area contributed by atoms with Gasteiger partial charge in [0, 0.05) is 17.7 Å². The Morgan fingerprint density at radius 2 is 1.79 bits per heavy atom. The van der Waals surface area contributed by atoms with Crippen molar-refractivity contribution in [3.05, 3.63) is 54.2 Å². The van der Waals surface area contributed by atoms with Gasteiger partial charge >= 0.3 is 0 Å². The molecular weight excluding hydrogens is 378 g/mol. The van der Waals surface area contributed by atoms with E-state index in [1.807, 2.05) is 19.1 Å². The van der Waals surface area contributed by atoms with E-state index in [9.17, 15) is 8.42 Å². The first kappa shape index (κ1) is 19.9. The summed E-state index contributed by atoms with van der Waals surface area (Å²) in [5.41, 5.74) is 1.23. The van der Waals surface area contributed by atoms with E-state index in [0.29, 0.717) is 29.8 Å². The molecule has 9 heteroatoms. The molecule has 0 aliphatic heterocycles. The summed E-state index contributed by atoms with van der Waals surface area (Å²) in [6.45, 7) is 6.46. The quantitative estimate of drug-likeness (QED) is 0.572. The van der Waals surface area contributed by atoms with Gasteiger partial charge < -0.3 is 4.74 Å². The molecule has 0 spiro atoms. The number of para-hydroxylation sites is 1. The number of tetrazole rings is 1. The van der Waals surface area contributed by atoms with Crippen LogP contribution >= 0.6 is 0 Å². The number of benzene rings is 1. The van der Waals surface area contributed by atoms with Gasteiger partial charge in [0.1, 0.15) is 0 Å². The Bertz CT molecular complexity index is 1020. The number of aromatic nitrogens is 5. The average molecular weight is 401 g/mol. The van der Waals surface area contributed by atoms with Gasteiger partial charge in [0.2, 0.25) is 15.7 Å². The average Bonchev–Trinajstić information content (AvgIpc) is 3.18. The molecule has 28 heavy (non-hydrogen) atoms. The number of ether oxygens (including phenoxy) is 1. The zero-order valence-corrected chi connectivity index (χ0v) is 16.9. The van der Waals surface area contributed by atoms with Crippen molar-refractivity contribution in [2.75, 3.05) is 12.4 Å². The van der Waals surface area contributed by atoms with Crippen molar-refractivity contribution in [1.29, 1.82) is 0 Å².